The number of oxime groups is 1. The molecule has 4 aliphatic rings. The molecule has 7 atom stereocenters. The third-order valence-electron chi connectivity index (χ3n) is 8.91. The van der Waals surface area contributed by atoms with Gasteiger partial charge in [0.05, 0.1) is 11.8 Å². The number of ketones is 1. The third kappa shape index (κ3) is 2.96. The number of ether oxygens (including phenoxy) is 1. The van der Waals surface area contributed by atoms with E-state index >= 15 is 0 Å². The summed E-state index contributed by atoms with van der Waals surface area (Å²) in [5, 5.41) is 4.38. The molecule has 27 heavy (non-hydrogen) atoms. The summed E-state index contributed by atoms with van der Waals surface area (Å²) >= 11 is 0. The van der Waals surface area contributed by atoms with Crippen LogP contribution in [0.25, 0.3) is 0 Å². The molecule has 0 spiro atoms. The van der Waals surface area contributed by atoms with Gasteiger partial charge in [-0.15, -0.1) is 0 Å². The van der Waals surface area contributed by atoms with Crippen molar-refractivity contribution in [2.24, 2.45) is 45.4 Å². The number of rotatable bonds is 4. The van der Waals surface area contributed by atoms with E-state index in [0.29, 0.717) is 48.0 Å². The van der Waals surface area contributed by atoms with Crippen LogP contribution in [0.2, 0.25) is 0 Å². The summed E-state index contributed by atoms with van der Waals surface area (Å²) < 4.78 is 6.08. The molecule has 0 heterocycles. The highest BCUT2D eigenvalue weighted by Gasteiger charge is 2.62. The Hall–Kier alpha value is -0.940. The van der Waals surface area contributed by atoms with E-state index in [1.807, 2.05) is 7.11 Å². The molecule has 1 unspecified atom stereocenters. The number of carbonyl (C=O) groups excluding carboxylic acids is 1. The fraction of sp³-hybridized carbons (Fsp3) is 0.909. The average Bonchev–Trinajstić information content (AvgIpc) is 2.96. The van der Waals surface area contributed by atoms with Crippen molar-refractivity contribution >= 4 is 11.5 Å². The number of fused-ring (bicyclic) bond motifs is 5. The van der Waals surface area contributed by atoms with E-state index in [2.05, 4.69) is 19.0 Å². The number of nitrogens with zero attached hydrogens (tertiary/aromatic N) is 1. The first kappa shape index (κ1) is 19.4. The molecule has 4 saturated carbocycles. The molecule has 0 radical (unpaired) electrons. The van der Waals surface area contributed by atoms with Gasteiger partial charge in [-0.2, -0.15) is 0 Å². The molecule has 4 fully saturated rings. The van der Waals surface area contributed by atoms with Crippen molar-refractivity contribution in [3.63, 3.8) is 0 Å². The first-order valence-corrected chi connectivity index (χ1v) is 10.9. The van der Waals surface area contributed by atoms with Crippen molar-refractivity contribution in [3.05, 3.63) is 0 Å². The van der Waals surface area contributed by atoms with Gasteiger partial charge >= 0.3 is 0 Å². The predicted octanol–water partition coefficient (Wildman–Crippen LogP) is 3.55. The Morgan fingerprint density at radius 1 is 1.19 bits per heavy atom. The Balaban J connectivity index is 1.59. The second-order valence-electron chi connectivity index (χ2n) is 9.90. The van der Waals surface area contributed by atoms with Crippen molar-refractivity contribution in [3.8, 4) is 0 Å². The first-order valence-electron chi connectivity index (χ1n) is 10.9. The summed E-state index contributed by atoms with van der Waals surface area (Å²) in [4.78, 5) is 18.0. The summed E-state index contributed by atoms with van der Waals surface area (Å²) in [6.07, 6.45) is 8.66. The number of carbonyl (C=O) groups is 1. The Morgan fingerprint density at radius 3 is 2.74 bits per heavy atom. The molecule has 0 aromatic heterocycles. The van der Waals surface area contributed by atoms with Crippen LogP contribution in [0.15, 0.2) is 5.16 Å². The molecule has 0 aromatic rings. The minimum atomic E-state index is -0.0987. The lowest BCUT2D eigenvalue weighted by Gasteiger charge is -2.61. The largest absolute Gasteiger partial charge is 0.395 e. The molecule has 0 amide bonds. The van der Waals surface area contributed by atoms with Crippen LogP contribution < -0.4 is 5.73 Å². The van der Waals surface area contributed by atoms with Crippen LogP contribution in [-0.4, -0.2) is 37.9 Å². The van der Waals surface area contributed by atoms with Gasteiger partial charge in [-0.1, -0.05) is 19.0 Å². The Morgan fingerprint density at radius 2 is 2.00 bits per heavy atom. The molecule has 0 saturated heterocycles. The van der Waals surface area contributed by atoms with Gasteiger partial charge in [0, 0.05) is 25.5 Å². The minimum Gasteiger partial charge on any atom is -0.395 e. The quantitative estimate of drug-likeness (QED) is 0.601. The van der Waals surface area contributed by atoms with Crippen molar-refractivity contribution < 1.29 is 14.4 Å². The second kappa shape index (κ2) is 7.14. The number of hydrogen-bond donors (Lipinski definition) is 1. The lowest BCUT2D eigenvalue weighted by molar-refractivity contribution is -0.164. The molecule has 152 valence electrons. The monoisotopic (exact) mass is 376 g/mol. The van der Waals surface area contributed by atoms with Crippen LogP contribution in [0.3, 0.4) is 0 Å². The van der Waals surface area contributed by atoms with Crippen LogP contribution in [0, 0.1) is 34.5 Å². The zero-order chi connectivity index (χ0) is 19.2. The summed E-state index contributed by atoms with van der Waals surface area (Å²) in [7, 11) is 1.87. The van der Waals surface area contributed by atoms with E-state index in [0.717, 1.165) is 38.5 Å². The van der Waals surface area contributed by atoms with Crippen molar-refractivity contribution in [1.29, 1.82) is 0 Å². The number of methoxy groups -OCH3 is 1. The van der Waals surface area contributed by atoms with Crippen molar-refractivity contribution in [2.75, 3.05) is 20.3 Å². The summed E-state index contributed by atoms with van der Waals surface area (Å²) in [6.45, 7) is 5.75. The van der Waals surface area contributed by atoms with E-state index in [9.17, 15) is 4.79 Å². The zero-order valence-corrected chi connectivity index (χ0v) is 17.2. The number of nitrogens with two attached hydrogens (primary N) is 1. The summed E-state index contributed by atoms with van der Waals surface area (Å²) in [5.74, 6) is 2.81. The molecule has 0 aliphatic heterocycles. The van der Waals surface area contributed by atoms with Crippen LogP contribution in [0.5, 0.6) is 0 Å². The van der Waals surface area contributed by atoms with Crippen molar-refractivity contribution in [2.45, 2.75) is 71.3 Å². The maximum absolute atomic E-state index is 12.7. The van der Waals surface area contributed by atoms with E-state index < -0.39 is 0 Å². The molecule has 4 rings (SSSR count). The Kier molecular flexibility index (Phi) is 5.13. The van der Waals surface area contributed by atoms with E-state index in [4.69, 9.17) is 15.3 Å². The summed E-state index contributed by atoms with van der Waals surface area (Å²) in [5.41, 5.74) is 6.93. The van der Waals surface area contributed by atoms with Crippen LogP contribution in [0.1, 0.15) is 65.2 Å². The van der Waals surface area contributed by atoms with Crippen LogP contribution >= 0.6 is 0 Å². The van der Waals surface area contributed by atoms with Gasteiger partial charge in [0.15, 0.2) is 0 Å². The topological polar surface area (TPSA) is 73.9 Å². The van der Waals surface area contributed by atoms with E-state index in [1.54, 1.807) is 0 Å². The van der Waals surface area contributed by atoms with Crippen LogP contribution in [-0.2, 0) is 14.4 Å². The number of hydrogen-bond acceptors (Lipinski definition) is 5. The number of Topliss-reactive ketones (excluding diaryl/α,β-unsaturated/α-hetero) is 1. The van der Waals surface area contributed by atoms with Gasteiger partial charge in [0.1, 0.15) is 12.4 Å². The molecule has 0 bridgehead atoms. The molecule has 4 aliphatic carbocycles. The second-order valence-corrected chi connectivity index (χ2v) is 9.90. The third-order valence-corrected chi connectivity index (χ3v) is 8.91. The molecular weight excluding hydrogens is 340 g/mol. The molecule has 2 N–H and O–H groups in total. The molecule has 5 nitrogen and oxygen atoms in total. The van der Waals surface area contributed by atoms with Crippen molar-refractivity contribution in [1.82, 2.24) is 0 Å². The minimum absolute atomic E-state index is 0.0987. The molecular formula is C22H36N2O3. The predicted molar refractivity (Wildman–Crippen MR) is 105 cm³/mol. The standard InChI is InChI=1S/C22H36N2O3/c1-21-8-6-15(24-27-11-10-23)12-14(21)13-18(26-3)20-16-4-5-19(25)22(16,2)9-7-17(20)21/h14,16-18,20H,4-13,23H2,1-3H3/b24-15-/t14?,16-,17-,18+,20-,21-,22-/m0/s1. The van der Waals surface area contributed by atoms with Gasteiger partial charge in [-0.05, 0) is 74.0 Å². The smallest absolute Gasteiger partial charge is 0.139 e. The zero-order valence-electron chi connectivity index (χ0n) is 17.2. The van der Waals surface area contributed by atoms with E-state index in [1.165, 1.54) is 18.6 Å². The average molecular weight is 377 g/mol. The Bertz CT molecular complexity index is 621. The highest BCUT2D eigenvalue weighted by molar-refractivity contribution is 5.87. The Labute approximate surface area is 163 Å². The first-order chi connectivity index (χ1) is 12.9. The lowest BCUT2D eigenvalue weighted by atomic mass is 9.44. The van der Waals surface area contributed by atoms with Gasteiger partial charge in [0.2, 0.25) is 0 Å². The van der Waals surface area contributed by atoms with E-state index in [-0.39, 0.29) is 11.5 Å². The maximum Gasteiger partial charge on any atom is 0.139 e. The molecule has 5 heteroatoms. The fourth-order valence-electron chi connectivity index (χ4n) is 7.30. The maximum atomic E-state index is 12.7. The van der Waals surface area contributed by atoms with Gasteiger partial charge < -0.3 is 15.3 Å². The normalized spacial score (nSPS) is 48.1. The van der Waals surface area contributed by atoms with Crippen LogP contribution in [0.4, 0.5) is 0 Å². The lowest BCUT2D eigenvalue weighted by Crippen LogP contribution is -2.58. The van der Waals surface area contributed by atoms with Gasteiger partial charge in [-0.25, -0.2) is 0 Å². The van der Waals surface area contributed by atoms with Gasteiger partial charge in [-0.3, -0.25) is 4.79 Å². The highest BCUT2D eigenvalue weighted by atomic mass is 16.6. The highest BCUT2D eigenvalue weighted by Crippen LogP contribution is 2.65. The fourth-order valence-corrected chi connectivity index (χ4v) is 7.30. The SMILES string of the molecule is CO[C@@H]1CC2C/C(=N\OCCN)CC[C@]2(C)[C@H]2CC[C@]3(C)C(=O)CC[C@H]3[C@H]12. The van der Waals surface area contributed by atoms with Gasteiger partial charge in [0.25, 0.3) is 0 Å². The molecule has 0 aromatic carbocycles. The summed E-state index contributed by atoms with van der Waals surface area (Å²) in [6, 6.07) is 0.